The van der Waals surface area contributed by atoms with Crippen molar-refractivity contribution in [2.24, 2.45) is 5.92 Å². The van der Waals surface area contributed by atoms with Crippen LogP contribution in [-0.2, 0) is 32.2 Å². The molecule has 2 saturated heterocycles. The lowest BCUT2D eigenvalue weighted by atomic mass is 9.89. The number of imide groups is 1. The number of aliphatic hydroxyl groups excluding tert-OH is 1. The Morgan fingerprint density at radius 3 is 2.15 bits per heavy atom. The number of ether oxygens (including phenoxy) is 3. The van der Waals surface area contributed by atoms with Crippen LogP contribution in [0.1, 0.15) is 95.9 Å². The number of benzene rings is 4. The zero-order chi connectivity index (χ0) is 36.6. The average Bonchev–Trinajstić information content (AvgIpc) is 3.71. The van der Waals surface area contributed by atoms with Crippen molar-refractivity contribution < 1.29 is 33.7 Å². The Balaban J connectivity index is 1.10. The topological polar surface area (TPSA) is 106 Å². The van der Waals surface area contributed by atoms with E-state index in [1.807, 2.05) is 93.6 Å². The number of amides is 2. The van der Waals surface area contributed by atoms with Gasteiger partial charge in [0.15, 0.2) is 6.29 Å². The maximum atomic E-state index is 13.2. The van der Waals surface area contributed by atoms with Crippen LogP contribution < -0.4 is 0 Å². The van der Waals surface area contributed by atoms with Gasteiger partial charge in [-0.3, -0.25) is 24.2 Å². The van der Waals surface area contributed by atoms with E-state index in [4.69, 9.17) is 14.2 Å². The number of carbonyl (C=O) groups is 3. The summed E-state index contributed by atoms with van der Waals surface area (Å²) < 4.78 is 19.2. The quantitative estimate of drug-likeness (QED) is 0.144. The zero-order valence-electron chi connectivity index (χ0n) is 30.2. The SMILES string of the molecule is C[C@@H]1[C@H](CN2CCC[C@H]2C(=O)OC(C)(C)C)O[C@H](c2ccc(-c3cccc(CN4C(=O)c5ccccc5C4=O)c3)cc2)O[C@@H]1c1ccc(CO)cc1. The molecule has 1 N–H and O–H groups in total. The molecule has 3 aliphatic heterocycles. The van der Waals surface area contributed by atoms with Gasteiger partial charge >= 0.3 is 5.97 Å². The first kappa shape index (κ1) is 35.7. The number of hydrogen-bond donors (Lipinski definition) is 1. The predicted octanol–water partition coefficient (Wildman–Crippen LogP) is 7.24. The summed E-state index contributed by atoms with van der Waals surface area (Å²) in [4.78, 5) is 42.6. The maximum Gasteiger partial charge on any atom is 0.323 e. The third-order valence-electron chi connectivity index (χ3n) is 10.2. The van der Waals surface area contributed by atoms with E-state index in [-0.39, 0.29) is 55.1 Å². The zero-order valence-corrected chi connectivity index (χ0v) is 30.2. The molecule has 7 rings (SSSR count). The van der Waals surface area contributed by atoms with Gasteiger partial charge in [0.1, 0.15) is 11.6 Å². The number of aliphatic hydroxyl groups is 1. The number of nitrogens with zero attached hydrogens (tertiary/aromatic N) is 2. The Morgan fingerprint density at radius 2 is 1.50 bits per heavy atom. The summed E-state index contributed by atoms with van der Waals surface area (Å²) in [5.41, 5.74) is 5.81. The molecule has 0 aromatic heterocycles. The fourth-order valence-corrected chi connectivity index (χ4v) is 7.49. The second-order valence-electron chi connectivity index (χ2n) is 15.1. The van der Waals surface area contributed by atoms with Crippen LogP contribution in [0.25, 0.3) is 11.1 Å². The maximum absolute atomic E-state index is 13.2. The van der Waals surface area contributed by atoms with Gasteiger partial charge in [-0.2, -0.15) is 0 Å². The van der Waals surface area contributed by atoms with Gasteiger partial charge in [0.05, 0.1) is 36.5 Å². The second kappa shape index (κ2) is 14.8. The van der Waals surface area contributed by atoms with Crippen LogP contribution in [0.5, 0.6) is 0 Å². The Morgan fingerprint density at radius 1 is 0.827 bits per heavy atom. The second-order valence-corrected chi connectivity index (χ2v) is 15.1. The van der Waals surface area contributed by atoms with Gasteiger partial charge in [0.25, 0.3) is 11.8 Å². The molecule has 0 unspecified atom stereocenters. The van der Waals surface area contributed by atoms with Gasteiger partial charge in [-0.15, -0.1) is 0 Å². The van der Waals surface area contributed by atoms with E-state index < -0.39 is 11.9 Å². The molecule has 2 fully saturated rings. The van der Waals surface area contributed by atoms with Crippen LogP contribution in [0.3, 0.4) is 0 Å². The highest BCUT2D eigenvalue weighted by Crippen LogP contribution is 2.43. The smallest absolute Gasteiger partial charge is 0.323 e. The van der Waals surface area contributed by atoms with Crippen molar-refractivity contribution in [3.8, 4) is 11.1 Å². The molecule has 0 radical (unpaired) electrons. The van der Waals surface area contributed by atoms with E-state index in [1.54, 1.807) is 24.3 Å². The van der Waals surface area contributed by atoms with Crippen LogP contribution in [0.4, 0.5) is 0 Å². The lowest BCUT2D eigenvalue weighted by Crippen LogP contribution is -2.48. The van der Waals surface area contributed by atoms with E-state index in [0.29, 0.717) is 17.7 Å². The van der Waals surface area contributed by atoms with E-state index in [0.717, 1.165) is 52.8 Å². The highest BCUT2D eigenvalue weighted by Gasteiger charge is 2.42. The molecule has 9 nitrogen and oxygen atoms in total. The number of fused-ring (bicyclic) bond motifs is 1. The lowest BCUT2D eigenvalue weighted by Gasteiger charge is -2.43. The molecule has 4 aromatic carbocycles. The number of carbonyl (C=O) groups excluding carboxylic acids is 3. The van der Waals surface area contributed by atoms with Crippen LogP contribution in [0.15, 0.2) is 97.1 Å². The number of hydrogen-bond acceptors (Lipinski definition) is 8. The summed E-state index contributed by atoms with van der Waals surface area (Å²) in [6.07, 6.45) is 0.502. The number of rotatable bonds is 9. The van der Waals surface area contributed by atoms with Gasteiger partial charge in [0, 0.05) is 18.0 Å². The van der Waals surface area contributed by atoms with Crippen LogP contribution in [0, 0.1) is 5.92 Å². The number of esters is 1. The molecule has 0 aliphatic carbocycles. The van der Waals surface area contributed by atoms with Gasteiger partial charge < -0.3 is 19.3 Å². The first-order chi connectivity index (χ1) is 25.0. The third kappa shape index (κ3) is 7.45. The van der Waals surface area contributed by atoms with E-state index in [9.17, 15) is 19.5 Å². The highest BCUT2D eigenvalue weighted by atomic mass is 16.7. The molecule has 5 atom stereocenters. The summed E-state index contributed by atoms with van der Waals surface area (Å²) >= 11 is 0. The van der Waals surface area contributed by atoms with Gasteiger partial charge in [-0.1, -0.05) is 85.8 Å². The Labute approximate surface area is 305 Å². The summed E-state index contributed by atoms with van der Waals surface area (Å²) in [6, 6.07) is 30.4. The van der Waals surface area contributed by atoms with Crippen LogP contribution in [-0.4, -0.2) is 63.5 Å². The van der Waals surface area contributed by atoms with E-state index >= 15 is 0 Å². The fraction of sp³-hybridized carbons (Fsp3) is 0.372. The monoisotopic (exact) mass is 702 g/mol. The van der Waals surface area contributed by atoms with Crippen molar-refractivity contribution in [3.05, 3.63) is 130 Å². The minimum absolute atomic E-state index is 0.0275. The van der Waals surface area contributed by atoms with Crippen molar-refractivity contribution in [3.63, 3.8) is 0 Å². The Bertz CT molecular complexity index is 1900. The summed E-state index contributed by atoms with van der Waals surface area (Å²) in [5.74, 6) is -0.771. The van der Waals surface area contributed by atoms with Crippen molar-refractivity contribution in [2.45, 2.75) is 83.8 Å². The largest absolute Gasteiger partial charge is 0.459 e. The van der Waals surface area contributed by atoms with Crippen molar-refractivity contribution >= 4 is 17.8 Å². The van der Waals surface area contributed by atoms with Gasteiger partial charge in [-0.25, -0.2) is 0 Å². The molecule has 4 aromatic rings. The lowest BCUT2D eigenvalue weighted by molar-refractivity contribution is -0.276. The van der Waals surface area contributed by atoms with Gasteiger partial charge in [-0.05, 0) is 86.2 Å². The predicted molar refractivity (Wildman–Crippen MR) is 196 cm³/mol. The Kier molecular flexibility index (Phi) is 10.1. The van der Waals surface area contributed by atoms with Crippen LogP contribution >= 0.6 is 0 Å². The molecule has 270 valence electrons. The van der Waals surface area contributed by atoms with E-state index in [2.05, 4.69) is 11.8 Å². The van der Waals surface area contributed by atoms with Crippen molar-refractivity contribution in [1.82, 2.24) is 9.80 Å². The summed E-state index contributed by atoms with van der Waals surface area (Å²) in [7, 11) is 0. The standard InChI is InChI=1S/C43H46N2O7/c1-27-37(25-44-22-8-13-36(44)41(49)52-43(2,3)4)50-42(51-38(27)31-16-14-28(26-46)15-17-31)32-20-18-30(19-21-32)33-10-7-9-29(23-33)24-45-39(47)34-11-5-6-12-35(34)40(45)48/h5-7,9-12,14-21,23,27,36-38,42,46H,8,13,22,24-26H2,1-4H3/t27-,36+,37+,38+,42+/m1/s1. The first-order valence-corrected chi connectivity index (χ1v) is 18.1. The number of likely N-dealkylation sites (tertiary alicyclic amines) is 1. The minimum atomic E-state index is -0.652. The normalized spacial score (nSPS) is 23.6. The molecule has 3 aliphatic rings. The molecular weight excluding hydrogens is 656 g/mol. The Hall–Kier alpha value is -4.67. The minimum Gasteiger partial charge on any atom is -0.459 e. The highest BCUT2D eigenvalue weighted by molar-refractivity contribution is 6.21. The molecule has 3 heterocycles. The molecular formula is C43H46N2O7. The van der Waals surface area contributed by atoms with Crippen molar-refractivity contribution in [1.29, 1.82) is 0 Å². The van der Waals surface area contributed by atoms with E-state index in [1.165, 1.54) is 4.90 Å². The van der Waals surface area contributed by atoms with Gasteiger partial charge in [0.2, 0.25) is 0 Å². The summed E-state index contributed by atoms with van der Waals surface area (Å²) in [6.45, 7) is 9.32. The molecule has 2 amide bonds. The molecule has 0 spiro atoms. The molecule has 52 heavy (non-hydrogen) atoms. The van der Waals surface area contributed by atoms with Crippen LogP contribution in [0.2, 0.25) is 0 Å². The summed E-state index contributed by atoms with van der Waals surface area (Å²) in [5, 5.41) is 9.64. The van der Waals surface area contributed by atoms with Crippen molar-refractivity contribution in [2.75, 3.05) is 13.1 Å². The molecule has 9 heteroatoms. The third-order valence-corrected chi connectivity index (χ3v) is 10.2. The molecule has 0 saturated carbocycles. The average molecular weight is 703 g/mol. The molecule has 0 bridgehead atoms. The fourth-order valence-electron chi connectivity index (χ4n) is 7.49. The first-order valence-electron chi connectivity index (χ1n) is 18.1.